The number of methoxy groups -OCH3 is 2. The van der Waals surface area contributed by atoms with Gasteiger partial charge in [0.05, 0.1) is 58.8 Å². The Hall–Kier alpha value is -7.08. The van der Waals surface area contributed by atoms with E-state index in [0.29, 0.717) is 110 Å². The number of pyridine rings is 2. The number of rotatable bonds is 16. The molecule has 19 heteroatoms. The lowest BCUT2D eigenvalue weighted by Crippen LogP contribution is -2.28. The summed E-state index contributed by atoms with van der Waals surface area (Å²) in [6.45, 7) is 7.88. The van der Waals surface area contributed by atoms with E-state index >= 15 is 0 Å². The van der Waals surface area contributed by atoms with Gasteiger partial charge in [-0.1, -0.05) is 23.2 Å². The summed E-state index contributed by atoms with van der Waals surface area (Å²) in [6.07, 6.45) is 3.15. The first-order chi connectivity index (χ1) is 30.4. The van der Waals surface area contributed by atoms with Gasteiger partial charge in [0.1, 0.15) is 40.1 Å². The van der Waals surface area contributed by atoms with Gasteiger partial charge < -0.3 is 55.4 Å². The number of hydrogen-bond acceptors (Lipinski definition) is 11. The lowest BCUT2D eigenvalue weighted by molar-refractivity contribution is 0.0693. The van der Waals surface area contributed by atoms with Crippen molar-refractivity contribution >= 4 is 80.3 Å². The molecule has 0 unspecified atom stereocenters. The fourth-order valence-corrected chi connectivity index (χ4v) is 6.30. The first-order valence-corrected chi connectivity index (χ1v) is 20.2. The van der Waals surface area contributed by atoms with Crippen molar-refractivity contribution in [1.82, 2.24) is 25.9 Å². The van der Waals surface area contributed by atoms with Gasteiger partial charge in [-0.2, -0.15) is 0 Å². The summed E-state index contributed by atoms with van der Waals surface area (Å²) in [7, 11) is 2.89. The molecule has 0 saturated carbocycles. The minimum atomic E-state index is -1.12. The van der Waals surface area contributed by atoms with Crippen molar-refractivity contribution in [3.05, 3.63) is 106 Å². The number of urea groups is 2. The predicted molar refractivity (Wildman–Crippen MR) is 241 cm³/mol. The van der Waals surface area contributed by atoms with Crippen molar-refractivity contribution in [3.8, 4) is 34.5 Å². The zero-order valence-corrected chi connectivity index (χ0v) is 36.4. The molecule has 0 atom stereocenters. The molecule has 0 aliphatic carbocycles. The van der Waals surface area contributed by atoms with Gasteiger partial charge in [0.25, 0.3) is 5.91 Å². The van der Waals surface area contributed by atoms with Crippen LogP contribution in [-0.4, -0.2) is 86.1 Å². The number of anilines is 2. The number of nitrogens with zero attached hydrogens (tertiary/aromatic N) is 2. The third kappa shape index (κ3) is 12.5. The monoisotopic (exact) mass is 901 g/mol. The average Bonchev–Trinajstić information content (AvgIpc) is 3.26. The van der Waals surface area contributed by atoms with Crippen LogP contribution in [0.3, 0.4) is 0 Å². The molecule has 5 amide bonds. The molecule has 0 fully saturated rings. The van der Waals surface area contributed by atoms with Gasteiger partial charge in [-0.15, -0.1) is 0 Å². The number of aromatic carboxylic acids is 1. The van der Waals surface area contributed by atoms with E-state index in [9.17, 15) is 24.3 Å². The first kappa shape index (κ1) is 47.0. The Balaban J connectivity index is 0.000000240. The van der Waals surface area contributed by atoms with Gasteiger partial charge in [-0.25, -0.2) is 14.4 Å². The highest BCUT2D eigenvalue weighted by molar-refractivity contribution is 6.34. The topological polar surface area (TPSA) is 221 Å². The van der Waals surface area contributed by atoms with Crippen LogP contribution in [0.15, 0.2) is 85.2 Å². The number of carboxylic acids is 1. The van der Waals surface area contributed by atoms with Crippen LogP contribution in [0.4, 0.5) is 21.0 Å². The molecular weight excluding hydrogens is 857 g/mol. The van der Waals surface area contributed by atoms with E-state index in [1.54, 1.807) is 73.1 Å². The van der Waals surface area contributed by atoms with Crippen LogP contribution in [0.1, 0.15) is 41.5 Å². The molecule has 17 nitrogen and oxygen atoms in total. The van der Waals surface area contributed by atoms with E-state index in [1.807, 2.05) is 20.8 Å². The normalized spacial score (nSPS) is 10.5. The van der Waals surface area contributed by atoms with Crippen molar-refractivity contribution in [2.45, 2.75) is 20.8 Å². The summed E-state index contributed by atoms with van der Waals surface area (Å²) in [5.41, 5.74) is 2.35. The molecule has 4 aromatic carbocycles. The zero-order chi connectivity index (χ0) is 45.5. The summed E-state index contributed by atoms with van der Waals surface area (Å²) in [5, 5.41) is 24.5. The molecule has 0 saturated heterocycles. The van der Waals surface area contributed by atoms with Crippen LogP contribution < -0.4 is 45.5 Å². The second-order valence-corrected chi connectivity index (χ2v) is 13.8. The lowest BCUT2D eigenvalue weighted by Gasteiger charge is -2.14. The number of carbonyl (C=O) groups is 4. The van der Waals surface area contributed by atoms with Crippen molar-refractivity contribution in [3.63, 3.8) is 0 Å². The van der Waals surface area contributed by atoms with Gasteiger partial charge in [-0.05, 0) is 69.3 Å². The Labute approximate surface area is 372 Å². The standard InChI is InChI=1S/C24H27ClN4O5.C20H18ClN3O5/c1-4-26-24(31)29-19-7-6-15(12-18(19)25)34-21-8-9-27-20-14-22(32-3)17(13-16(20)21)23(30)28-10-11-33-5-2;1-3-22-20(27)24-15-5-4-11(8-14(15)21)29-17-6-7-23-16-10-18(28-2)13(19(25)26)9-12(16)17/h6-9,12-14H,4-5,10-11H2,1-3H3,(H,28,30)(H2,26,29,31);4-10H,3H2,1-2H3,(H,25,26)(H2,22,24,27). The molecule has 330 valence electrons. The number of carboxylic acid groups (broad SMARTS) is 1. The van der Waals surface area contributed by atoms with Crippen molar-refractivity contribution in [2.75, 3.05) is 57.7 Å². The number of benzene rings is 4. The smallest absolute Gasteiger partial charge is 0.339 e. The van der Waals surface area contributed by atoms with Gasteiger partial charge in [0.2, 0.25) is 0 Å². The molecule has 0 spiro atoms. The molecule has 0 bridgehead atoms. The molecule has 0 aliphatic rings. The van der Waals surface area contributed by atoms with Crippen LogP contribution in [0.2, 0.25) is 10.0 Å². The van der Waals surface area contributed by atoms with Gasteiger partial charge in [-0.3, -0.25) is 14.8 Å². The van der Waals surface area contributed by atoms with Gasteiger partial charge >= 0.3 is 18.0 Å². The summed E-state index contributed by atoms with van der Waals surface area (Å²) in [5.74, 6) is 0.944. The molecule has 6 rings (SSSR count). The number of halogens is 2. The highest BCUT2D eigenvalue weighted by atomic mass is 35.5. The van der Waals surface area contributed by atoms with E-state index in [0.717, 1.165) is 0 Å². The molecule has 0 aliphatic heterocycles. The van der Waals surface area contributed by atoms with E-state index in [2.05, 4.69) is 36.6 Å². The number of fused-ring (bicyclic) bond motifs is 2. The van der Waals surface area contributed by atoms with E-state index < -0.39 is 5.97 Å². The van der Waals surface area contributed by atoms with Crippen molar-refractivity contribution in [1.29, 1.82) is 0 Å². The maximum atomic E-state index is 12.8. The summed E-state index contributed by atoms with van der Waals surface area (Å²) in [6, 6.07) is 18.7. The van der Waals surface area contributed by atoms with Gasteiger partial charge in [0.15, 0.2) is 0 Å². The minimum absolute atomic E-state index is 0.00244. The molecule has 2 heterocycles. The molecule has 0 radical (unpaired) electrons. The van der Waals surface area contributed by atoms with Crippen molar-refractivity contribution < 1.29 is 48.0 Å². The molecule has 63 heavy (non-hydrogen) atoms. The summed E-state index contributed by atoms with van der Waals surface area (Å²) in [4.78, 5) is 56.3. The maximum Gasteiger partial charge on any atom is 0.339 e. The molecule has 6 aromatic rings. The van der Waals surface area contributed by atoms with Crippen LogP contribution in [0, 0.1) is 0 Å². The largest absolute Gasteiger partial charge is 0.496 e. The number of carbonyl (C=O) groups excluding carboxylic acids is 3. The zero-order valence-electron chi connectivity index (χ0n) is 34.9. The van der Waals surface area contributed by atoms with Crippen LogP contribution in [-0.2, 0) is 4.74 Å². The Kier molecular flexibility index (Phi) is 16.9. The number of aromatic nitrogens is 2. The Morgan fingerprint density at radius 1 is 0.619 bits per heavy atom. The third-order valence-electron chi connectivity index (χ3n) is 8.76. The minimum Gasteiger partial charge on any atom is -0.496 e. The Morgan fingerprint density at radius 3 is 1.52 bits per heavy atom. The van der Waals surface area contributed by atoms with Crippen LogP contribution in [0.5, 0.6) is 34.5 Å². The molecule has 2 aromatic heterocycles. The summed E-state index contributed by atoms with van der Waals surface area (Å²) < 4.78 is 27.8. The molecule has 6 N–H and O–H groups in total. The number of hydrogen-bond donors (Lipinski definition) is 6. The Bertz CT molecular complexity index is 2610. The quantitative estimate of drug-likeness (QED) is 0.0501. The maximum absolute atomic E-state index is 12.8. The number of amides is 5. The SMILES string of the molecule is CCNC(=O)Nc1ccc(Oc2ccnc3cc(OC)c(C(=O)NCCOCC)cc23)cc1Cl.CCNC(=O)Nc1ccc(Oc2ccnc3cc(OC)c(C(=O)O)cc23)cc1Cl. The third-order valence-corrected chi connectivity index (χ3v) is 9.39. The summed E-state index contributed by atoms with van der Waals surface area (Å²) >= 11 is 12.6. The van der Waals surface area contributed by atoms with Gasteiger partial charge in [0, 0.05) is 73.7 Å². The van der Waals surface area contributed by atoms with Crippen molar-refractivity contribution in [2.24, 2.45) is 0 Å². The lowest BCUT2D eigenvalue weighted by atomic mass is 10.1. The van der Waals surface area contributed by atoms with Crippen LogP contribution in [0.25, 0.3) is 21.8 Å². The highest BCUT2D eigenvalue weighted by Gasteiger charge is 2.18. The van der Waals surface area contributed by atoms with Crippen LogP contribution >= 0.6 is 23.2 Å². The Morgan fingerprint density at radius 2 is 1.10 bits per heavy atom. The van der Waals surface area contributed by atoms with E-state index in [4.69, 9.17) is 46.9 Å². The first-order valence-electron chi connectivity index (χ1n) is 19.5. The number of nitrogens with one attached hydrogen (secondary N) is 5. The molecular formula is C44H45Cl2N7O10. The fourth-order valence-electron chi connectivity index (χ4n) is 5.86. The average molecular weight is 903 g/mol. The van der Waals surface area contributed by atoms with E-state index in [-0.39, 0.29) is 29.3 Å². The predicted octanol–water partition coefficient (Wildman–Crippen LogP) is 9.13. The van der Waals surface area contributed by atoms with E-state index in [1.165, 1.54) is 26.4 Å². The highest BCUT2D eigenvalue weighted by Crippen LogP contribution is 2.37. The fraction of sp³-hybridized carbons (Fsp3) is 0.227. The number of ether oxygens (including phenoxy) is 5. The second-order valence-electron chi connectivity index (χ2n) is 13.0. The second kappa shape index (κ2) is 22.7.